The van der Waals surface area contributed by atoms with Crippen molar-refractivity contribution in [3.8, 4) is 11.5 Å². The molecule has 0 radical (unpaired) electrons. The molecule has 0 bridgehead atoms. The Kier molecular flexibility index (Phi) is 24.9. The normalized spacial score (nSPS) is 15.5. The average molecular weight is 935 g/mol. The van der Waals surface area contributed by atoms with Gasteiger partial charge in [0.1, 0.15) is 23.0 Å². The summed E-state index contributed by atoms with van der Waals surface area (Å²) in [5.74, 6) is 2.19. The highest BCUT2D eigenvalue weighted by Crippen LogP contribution is 2.51. The number of esters is 1. The van der Waals surface area contributed by atoms with Gasteiger partial charge in [-0.05, 0) is 68.0 Å². The standard InChI is InChI=1S/C30H48O5.C27H42O5/c1-7-34-26(31)19-14-12-10-8-9-11-13-15-20-33-22-29(2,3)28-27(35-23-30(28,4)5)24-17-16-18-25(21-24)32-6;1-26(2,19-31-17-12-10-8-6-5-7-9-11-16-23(29)30)25-24(32-20-27(25,3)4)21-14-13-15-22(28)18-21/h16-18,21H,7-15,19-20,22-23H2,1-6H3;13-15,18,28H,5-12,16-17,19-20H2,1-4H3,(H,29,30). The Morgan fingerprint density at radius 2 is 1.03 bits per heavy atom. The van der Waals surface area contributed by atoms with Gasteiger partial charge in [0.05, 0.1) is 40.1 Å². The molecule has 67 heavy (non-hydrogen) atoms. The van der Waals surface area contributed by atoms with E-state index < -0.39 is 5.97 Å². The molecule has 2 N–H and O–H groups in total. The fourth-order valence-corrected chi connectivity index (χ4v) is 9.83. The Morgan fingerprint density at radius 1 is 0.612 bits per heavy atom. The van der Waals surface area contributed by atoms with Crippen molar-refractivity contribution in [3.63, 3.8) is 0 Å². The summed E-state index contributed by atoms with van der Waals surface area (Å²) in [6, 6.07) is 15.4. The first kappa shape index (κ1) is 57.3. The SMILES string of the molecule is CC(C)(COCCCCCCCCCCC(=O)O)C1=C(c2cccc(O)c2)OCC1(C)C.CCOC(=O)CCCCCCCCCCOCC(C)(C)C1=C(c2cccc(OC)c2)OCC1(C)C. The number of ether oxygens (including phenoxy) is 6. The first-order valence-electron chi connectivity index (χ1n) is 25.6. The Balaban J connectivity index is 0.000000357. The van der Waals surface area contributed by atoms with Gasteiger partial charge in [0.2, 0.25) is 0 Å². The van der Waals surface area contributed by atoms with Crippen molar-refractivity contribution in [2.24, 2.45) is 21.7 Å². The van der Waals surface area contributed by atoms with E-state index in [1.165, 1.54) is 68.9 Å². The van der Waals surface area contributed by atoms with Gasteiger partial charge < -0.3 is 38.6 Å². The number of phenolic OH excluding ortho intramolecular Hbond substituents is 1. The number of unbranched alkanes of at least 4 members (excludes halogenated alkanes) is 14. The summed E-state index contributed by atoms with van der Waals surface area (Å²) in [6.45, 7) is 24.4. The van der Waals surface area contributed by atoms with Crippen LogP contribution in [0.5, 0.6) is 11.5 Å². The van der Waals surface area contributed by atoms with Gasteiger partial charge in [-0.1, -0.05) is 157 Å². The van der Waals surface area contributed by atoms with Crippen LogP contribution in [0.15, 0.2) is 59.7 Å². The van der Waals surface area contributed by atoms with Crippen LogP contribution in [0.1, 0.15) is 189 Å². The van der Waals surface area contributed by atoms with Crippen molar-refractivity contribution in [3.05, 3.63) is 70.8 Å². The fourth-order valence-electron chi connectivity index (χ4n) is 9.83. The van der Waals surface area contributed by atoms with Crippen molar-refractivity contribution in [2.45, 2.75) is 178 Å². The second-order valence-corrected chi connectivity index (χ2v) is 21.3. The number of methoxy groups -OCH3 is 1. The van der Waals surface area contributed by atoms with Crippen molar-refractivity contribution in [1.82, 2.24) is 0 Å². The van der Waals surface area contributed by atoms with Gasteiger partial charge in [0, 0.05) is 58.8 Å². The Labute approximate surface area is 405 Å². The fraction of sp³-hybridized carbons (Fsp3) is 0.684. The van der Waals surface area contributed by atoms with Crippen molar-refractivity contribution >= 4 is 23.5 Å². The molecule has 0 fully saturated rings. The molecular weight excluding hydrogens is 845 g/mol. The van der Waals surface area contributed by atoms with Gasteiger partial charge in [0.25, 0.3) is 0 Å². The minimum Gasteiger partial charge on any atom is -0.508 e. The van der Waals surface area contributed by atoms with Crippen molar-refractivity contribution < 1.29 is 48.2 Å². The van der Waals surface area contributed by atoms with Gasteiger partial charge in [-0.2, -0.15) is 0 Å². The lowest BCUT2D eigenvalue weighted by Crippen LogP contribution is -2.31. The number of hydrogen-bond donors (Lipinski definition) is 2. The average Bonchev–Trinajstić information content (AvgIpc) is 3.79. The van der Waals surface area contributed by atoms with E-state index in [0.29, 0.717) is 45.9 Å². The van der Waals surface area contributed by atoms with E-state index in [0.717, 1.165) is 86.6 Å². The molecule has 2 aliphatic heterocycles. The largest absolute Gasteiger partial charge is 0.508 e. The van der Waals surface area contributed by atoms with Crippen LogP contribution in [0.4, 0.5) is 0 Å². The zero-order valence-electron chi connectivity index (χ0n) is 43.5. The predicted octanol–water partition coefficient (Wildman–Crippen LogP) is 14.4. The van der Waals surface area contributed by atoms with Crippen LogP contribution in [-0.2, 0) is 33.3 Å². The molecule has 2 heterocycles. The van der Waals surface area contributed by atoms with Crippen LogP contribution >= 0.6 is 0 Å². The molecule has 0 unspecified atom stereocenters. The monoisotopic (exact) mass is 935 g/mol. The molecule has 0 aliphatic carbocycles. The number of aromatic hydroxyl groups is 1. The highest BCUT2D eigenvalue weighted by Gasteiger charge is 2.45. The van der Waals surface area contributed by atoms with Gasteiger partial charge in [-0.25, -0.2) is 0 Å². The number of phenols is 1. The van der Waals surface area contributed by atoms with Crippen LogP contribution in [0, 0.1) is 21.7 Å². The molecule has 4 rings (SSSR count). The summed E-state index contributed by atoms with van der Waals surface area (Å²) in [5.41, 5.74) is 4.14. The number of carboxylic acids is 1. The zero-order valence-corrected chi connectivity index (χ0v) is 43.5. The first-order chi connectivity index (χ1) is 31.8. The quantitative estimate of drug-likeness (QED) is 0.0540. The summed E-state index contributed by atoms with van der Waals surface area (Å²) < 4.78 is 35.0. The van der Waals surface area contributed by atoms with Gasteiger partial charge in [-0.3, -0.25) is 9.59 Å². The van der Waals surface area contributed by atoms with Crippen molar-refractivity contribution in [1.29, 1.82) is 0 Å². The lowest BCUT2D eigenvalue weighted by Gasteiger charge is -2.34. The number of benzene rings is 2. The minimum absolute atomic E-state index is 0.0401. The summed E-state index contributed by atoms with van der Waals surface area (Å²) in [4.78, 5) is 21.8. The highest BCUT2D eigenvalue weighted by molar-refractivity contribution is 5.70. The lowest BCUT2D eigenvalue weighted by molar-refractivity contribution is -0.143. The summed E-state index contributed by atoms with van der Waals surface area (Å²) in [6.07, 6.45) is 18.9. The van der Waals surface area contributed by atoms with E-state index in [4.69, 9.17) is 33.5 Å². The smallest absolute Gasteiger partial charge is 0.305 e. The molecule has 2 aromatic carbocycles. The molecule has 2 aromatic rings. The van der Waals surface area contributed by atoms with Gasteiger partial charge in [0.15, 0.2) is 0 Å². The highest BCUT2D eigenvalue weighted by atomic mass is 16.5. The summed E-state index contributed by atoms with van der Waals surface area (Å²) >= 11 is 0. The third-order valence-corrected chi connectivity index (χ3v) is 12.8. The maximum Gasteiger partial charge on any atom is 0.305 e. The van der Waals surface area contributed by atoms with Gasteiger partial charge >= 0.3 is 11.9 Å². The Bertz CT molecular complexity index is 1840. The van der Waals surface area contributed by atoms with E-state index in [1.54, 1.807) is 19.2 Å². The van der Waals surface area contributed by atoms with Crippen LogP contribution in [0.2, 0.25) is 0 Å². The molecule has 0 spiro atoms. The minimum atomic E-state index is -0.691. The molecule has 0 aromatic heterocycles. The van der Waals surface area contributed by atoms with E-state index in [-0.39, 0.29) is 33.4 Å². The van der Waals surface area contributed by atoms with Crippen LogP contribution in [-0.4, -0.2) is 75.5 Å². The maximum atomic E-state index is 11.3. The summed E-state index contributed by atoms with van der Waals surface area (Å²) in [5, 5.41) is 18.5. The maximum absolute atomic E-state index is 11.3. The second kappa shape index (κ2) is 29.1. The number of hydrogen-bond acceptors (Lipinski definition) is 9. The van der Waals surface area contributed by atoms with Crippen LogP contribution in [0.25, 0.3) is 11.5 Å². The molecule has 0 amide bonds. The molecular formula is C57H90O10. The lowest BCUT2D eigenvalue weighted by atomic mass is 9.70. The molecule has 2 aliphatic rings. The summed E-state index contributed by atoms with van der Waals surface area (Å²) in [7, 11) is 1.69. The topological polar surface area (TPSA) is 130 Å². The van der Waals surface area contributed by atoms with Crippen LogP contribution < -0.4 is 4.74 Å². The van der Waals surface area contributed by atoms with Gasteiger partial charge in [-0.15, -0.1) is 0 Å². The number of aliphatic carboxylic acids is 1. The number of rotatable bonds is 32. The molecule has 10 nitrogen and oxygen atoms in total. The molecule has 0 atom stereocenters. The van der Waals surface area contributed by atoms with E-state index in [2.05, 4.69) is 61.5 Å². The third-order valence-electron chi connectivity index (χ3n) is 12.8. The molecule has 0 saturated heterocycles. The zero-order chi connectivity index (χ0) is 49.4. The van der Waals surface area contributed by atoms with Crippen LogP contribution in [0.3, 0.4) is 0 Å². The first-order valence-corrected chi connectivity index (χ1v) is 25.6. The Morgan fingerprint density at radius 3 is 1.46 bits per heavy atom. The third kappa shape index (κ3) is 20.2. The van der Waals surface area contributed by atoms with E-state index in [1.807, 2.05) is 37.3 Å². The number of carboxylic acid groups (broad SMARTS) is 1. The number of carbonyl (C=O) groups is 2. The molecule has 378 valence electrons. The molecule has 0 saturated carbocycles. The second-order valence-electron chi connectivity index (χ2n) is 21.3. The van der Waals surface area contributed by atoms with E-state index >= 15 is 0 Å². The molecule has 10 heteroatoms. The van der Waals surface area contributed by atoms with E-state index in [9.17, 15) is 14.7 Å². The Hall–Kier alpha value is -4.02. The van der Waals surface area contributed by atoms with Crippen molar-refractivity contribution in [2.75, 3.05) is 53.4 Å². The number of carbonyl (C=O) groups excluding carboxylic acids is 1. The predicted molar refractivity (Wildman–Crippen MR) is 271 cm³/mol.